The van der Waals surface area contributed by atoms with E-state index in [4.69, 9.17) is 16.1 Å². The maximum Gasteiger partial charge on any atom is 0.243 e. The highest BCUT2D eigenvalue weighted by molar-refractivity contribution is 8.02. The maximum absolute atomic E-state index is 12.9. The van der Waals surface area contributed by atoms with Crippen molar-refractivity contribution in [3.8, 4) is 0 Å². The summed E-state index contributed by atoms with van der Waals surface area (Å²) in [4.78, 5) is 17.6. The van der Waals surface area contributed by atoms with Gasteiger partial charge in [0.15, 0.2) is 10.2 Å². The Morgan fingerprint density at radius 2 is 2.04 bits per heavy atom. The number of carbonyl (C=O) groups excluding carboxylic acids is 1. The van der Waals surface area contributed by atoms with Gasteiger partial charge in [0.05, 0.1) is 10.2 Å². The zero-order valence-electron chi connectivity index (χ0n) is 14.2. The van der Waals surface area contributed by atoms with E-state index in [0.717, 1.165) is 20.1 Å². The molecule has 0 saturated heterocycles. The molecular weight excluding hydrogens is 402 g/mol. The fraction of sp³-hybridized carbons (Fsp3) is 0.105. The molecule has 0 saturated carbocycles. The Balaban J connectivity index is 1.63. The number of nitrogens with one attached hydrogen (secondary N) is 1. The molecule has 4 rings (SSSR count). The average Bonchev–Trinajstić information content (AvgIpc) is 3.25. The molecule has 8 heteroatoms. The molecule has 0 fully saturated rings. The van der Waals surface area contributed by atoms with Gasteiger partial charge in [-0.15, -0.1) is 11.3 Å². The maximum atomic E-state index is 12.9. The van der Waals surface area contributed by atoms with Crippen molar-refractivity contribution in [2.45, 2.75) is 16.5 Å². The van der Waals surface area contributed by atoms with Crippen molar-refractivity contribution in [3.05, 3.63) is 70.9 Å². The van der Waals surface area contributed by atoms with Crippen molar-refractivity contribution in [2.24, 2.45) is 0 Å². The van der Waals surface area contributed by atoms with Crippen LogP contribution in [0.2, 0.25) is 5.02 Å². The number of nitrogens with zero attached hydrogens (tertiary/aromatic N) is 2. The Hall–Kier alpha value is -2.35. The molecule has 0 aliphatic carbocycles. The summed E-state index contributed by atoms with van der Waals surface area (Å²) < 4.78 is 6.85. The van der Waals surface area contributed by atoms with Crippen molar-refractivity contribution in [1.82, 2.24) is 10.1 Å². The number of fused-ring (bicyclic) bond motifs is 1. The molecular formula is C19H14ClN3O2S2. The van der Waals surface area contributed by atoms with Crippen LogP contribution >= 0.6 is 34.7 Å². The Morgan fingerprint density at radius 3 is 2.78 bits per heavy atom. The zero-order chi connectivity index (χ0) is 18.8. The van der Waals surface area contributed by atoms with E-state index < -0.39 is 5.25 Å². The first-order valence-electron chi connectivity index (χ1n) is 8.10. The van der Waals surface area contributed by atoms with Crippen LogP contribution in [0.1, 0.15) is 16.6 Å². The van der Waals surface area contributed by atoms with Crippen molar-refractivity contribution in [2.75, 3.05) is 5.32 Å². The largest absolute Gasteiger partial charge is 0.360 e. The van der Waals surface area contributed by atoms with E-state index in [1.807, 2.05) is 48.5 Å². The highest BCUT2D eigenvalue weighted by Gasteiger charge is 2.24. The van der Waals surface area contributed by atoms with E-state index in [1.54, 1.807) is 13.0 Å². The highest BCUT2D eigenvalue weighted by atomic mass is 35.5. The molecule has 1 amide bonds. The fourth-order valence-corrected chi connectivity index (χ4v) is 4.95. The normalized spacial score (nSPS) is 12.2. The van der Waals surface area contributed by atoms with Gasteiger partial charge in [-0.05, 0) is 30.7 Å². The third-order valence-corrected chi connectivity index (χ3v) is 6.39. The van der Waals surface area contributed by atoms with Crippen molar-refractivity contribution in [1.29, 1.82) is 0 Å². The molecule has 1 N–H and O–H groups in total. The van der Waals surface area contributed by atoms with Crippen LogP contribution in [0.5, 0.6) is 0 Å². The Bertz CT molecular complexity index is 1090. The lowest BCUT2D eigenvalue weighted by Gasteiger charge is -2.14. The minimum absolute atomic E-state index is 0.184. The molecule has 136 valence electrons. The van der Waals surface area contributed by atoms with E-state index >= 15 is 0 Å². The fourth-order valence-electron chi connectivity index (χ4n) is 2.55. The number of thioether (sulfide) groups is 1. The van der Waals surface area contributed by atoms with Crippen LogP contribution in [0.4, 0.5) is 5.82 Å². The number of halogens is 1. The number of benzene rings is 2. The molecule has 2 heterocycles. The number of aromatic nitrogens is 2. The van der Waals surface area contributed by atoms with Crippen molar-refractivity contribution >= 4 is 56.6 Å². The topological polar surface area (TPSA) is 68.0 Å². The third kappa shape index (κ3) is 4.16. The van der Waals surface area contributed by atoms with Crippen LogP contribution in [-0.2, 0) is 4.79 Å². The number of thiazole rings is 1. The third-order valence-electron chi connectivity index (χ3n) is 3.77. The molecule has 0 bridgehead atoms. The van der Waals surface area contributed by atoms with Crippen LogP contribution in [0.15, 0.2) is 63.5 Å². The van der Waals surface area contributed by atoms with Gasteiger partial charge < -0.3 is 9.84 Å². The Morgan fingerprint density at radius 1 is 1.22 bits per heavy atom. The standard InChI is InChI=1S/C19H14ClN3O2S2/c1-11-9-16(23-25-11)22-18(24)17(12-5-3-2-4-6-12)27-19-21-14-10-13(20)7-8-15(14)26-19/h2-10,17H,1H3,(H,22,23,24). The van der Waals surface area contributed by atoms with Crippen molar-refractivity contribution < 1.29 is 9.32 Å². The van der Waals surface area contributed by atoms with Crippen LogP contribution in [-0.4, -0.2) is 16.0 Å². The quantitative estimate of drug-likeness (QED) is 0.422. The number of anilines is 1. The molecule has 2 aromatic heterocycles. The van der Waals surface area contributed by atoms with E-state index in [1.165, 1.54) is 23.1 Å². The number of rotatable bonds is 5. The van der Waals surface area contributed by atoms with Gasteiger partial charge in [0.1, 0.15) is 11.0 Å². The van der Waals surface area contributed by atoms with E-state index in [2.05, 4.69) is 15.5 Å². The minimum atomic E-state index is -0.473. The lowest BCUT2D eigenvalue weighted by Crippen LogP contribution is -2.19. The van der Waals surface area contributed by atoms with Gasteiger partial charge in [-0.3, -0.25) is 4.79 Å². The number of amides is 1. The van der Waals surface area contributed by atoms with Crippen LogP contribution in [0, 0.1) is 6.92 Å². The van der Waals surface area contributed by atoms with Crippen LogP contribution in [0.3, 0.4) is 0 Å². The van der Waals surface area contributed by atoms with Gasteiger partial charge in [0, 0.05) is 11.1 Å². The van der Waals surface area contributed by atoms with E-state index in [9.17, 15) is 4.79 Å². The number of aryl methyl sites for hydroxylation is 1. The first-order valence-corrected chi connectivity index (χ1v) is 10.2. The van der Waals surface area contributed by atoms with Gasteiger partial charge in [0.2, 0.25) is 5.91 Å². The number of hydrogen-bond acceptors (Lipinski definition) is 6. The molecule has 0 radical (unpaired) electrons. The molecule has 27 heavy (non-hydrogen) atoms. The first kappa shape index (κ1) is 18.0. The number of carbonyl (C=O) groups is 1. The molecule has 4 aromatic rings. The first-order chi connectivity index (χ1) is 13.1. The summed E-state index contributed by atoms with van der Waals surface area (Å²) in [5.74, 6) is 0.851. The summed E-state index contributed by atoms with van der Waals surface area (Å²) in [5.41, 5.74) is 1.71. The second kappa shape index (κ2) is 7.72. The van der Waals surface area contributed by atoms with Crippen LogP contribution < -0.4 is 5.32 Å². The van der Waals surface area contributed by atoms with Gasteiger partial charge >= 0.3 is 0 Å². The summed E-state index contributed by atoms with van der Waals surface area (Å²) in [6.45, 7) is 1.78. The summed E-state index contributed by atoms with van der Waals surface area (Å²) in [7, 11) is 0. The van der Waals surface area contributed by atoms with Crippen LogP contribution in [0.25, 0.3) is 10.2 Å². The Kier molecular flexibility index (Phi) is 5.15. The number of hydrogen-bond donors (Lipinski definition) is 1. The molecule has 1 atom stereocenters. The highest BCUT2D eigenvalue weighted by Crippen LogP contribution is 2.40. The van der Waals surface area contributed by atoms with Gasteiger partial charge in [-0.1, -0.05) is 58.9 Å². The SMILES string of the molecule is Cc1cc(NC(=O)C(Sc2nc3cc(Cl)ccc3s2)c2ccccc2)no1. The average molecular weight is 416 g/mol. The lowest BCUT2D eigenvalue weighted by atomic mass is 10.1. The monoisotopic (exact) mass is 415 g/mol. The van der Waals surface area contributed by atoms with Gasteiger partial charge in [0.25, 0.3) is 0 Å². The molecule has 0 spiro atoms. The summed E-state index contributed by atoms with van der Waals surface area (Å²) in [6, 6.07) is 16.9. The summed E-state index contributed by atoms with van der Waals surface area (Å²) in [5, 5.41) is 6.82. The molecule has 5 nitrogen and oxygen atoms in total. The van der Waals surface area contributed by atoms with Gasteiger partial charge in [-0.25, -0.2) is 4.98 Å². The minimum Gasteiger partial charge on any atom is -0.360 e. The van der Waals surface area contributed by atoms with E-state index in [-0.39, 0.29) is 5.91 Å². The van der Waals surface area contributed by atoms with E-state index in [0.29, 0.717) is 16.6 Å². The predicted molar refractivity (Wildman–Crippen MR) is 110 cm³/mol. The Labute approximate surface area is 168 Å². The smallest absolute Gasteiger partial charge is 0.243 e. The second-order valence-electron chi connectivity index (χ2n) is 5.81. The van der Waals surface area contributed by atoms with Gasteiger partial charge in [-0.2, -0.15) is 0 Å². The predicted octanol–water partition coefficient (Wildman–Crippen LogP) is 5.72. The summed E-state index contributed by atoms with van der Waals surface area (Å²) in [6.07, 6.45) is 0. The van der Waals surface area contributed by atoms with Crippen molar-refractivity contribution in [3.63, 3.8) is 0 Å². The molecule has 0 aliphatic rings. The molecule has 2 aromatic carbocycles. The lowest BCUT2D eigenvalue weighted by molar-refractivity contribution is -0.115. The second-order valence-corrected chi connectivity index (χ2v) is 8.63. The zero-order valence-corrected chi connectivity index (χ0v) is 16.6. The molecule has 0 aliphatic heterocycles. The molecule has 1 unspecified atom stereocenters. The summed E-state index contributed by atoms with van der Waals surface area (Å²) >= 11 is 8.99.